The Hall–Kier alpha value is -3.31. The molecule has 0 aromatic heterocycles. The third kappa shape index (κ3) is 5.84. The highest BCUT2D eigenvalue weighted by Crippen LogP contribution is 2.27. The zero-order chi connectivity index (χ0) is 21.2. The van der Waals surface area contributed by atoms with Crippen LogP contribution in [0.25, 0.3) is 0 Å². The molecule has 156 valence electrons. The molecule has 1 amide bonds. The van der Waals surface area contributed by atoms with E-state index < -0.39 is 0 Å². The minimum absolute atomic E-state index is 0.0207. The average Bonchev–Trinajstić information content (AvgIpc) is 2.80. The Labute approximate surface area is 178 Å². The monoisotopic (exact) mass is 405 g/mol. The first-order valence-electron chi connectivity index (χ1n) is 10.1. The summed E-state index contributed by atoms with van der Waals surface area (Å²) in [4.78, 5) is 12.4. The zero-order valence-electron chi connectivity index (χ0n) is 17.5. The lowest BCUT2D eigenvalue weighted by Crippen LogP contribution is -2.87. The molecule has 0 aliphatic rings. The van der Waals surface area contributed by atoms with Crippen LogP contribution in [0.3, 0.4) is 0 Å². The number of hydrogen-bond acceptors (Lipinski definition) is 3. The lowest BCUT2D eigenvalue weighted by Gasteiger charge is -2.16. The predicted molar refractivity (Wildman–Crippen MR) is 118 cm³/mol. The number of methoxy groups -OCH3 is 2. The number of ether oxygens (including phenoxy) is 2. The van der Waals surface area contributed by atoms with Gasteiger partial charge in [-0.15, -0.1) is 0 Å². The molecule has 3 aromatic carbocycles. The number of amides is 1. The second-order valence-electron chi connectivity index (χ2n) is 7.03. The Balaban J connectivity index is 1.54. The minimum Gasteiger partial charge on any atom is -0.493 e. The number of nitrogens with two attached hydrogens (primary N) is 1. The van der Waals surface area contributed by atoms with Gasteiger partial charge in [0, 0.05) is 17.7 Å². The molecule has 0 unspecified atom stereocenters. The van der Waals surface area contributed by atoms with E-state index in [2.05, 4.69) is 34.9 Å². The van der Waals surface area contributed by atoms with Crippen molar-refractivity contribution in [2.75, 3.05) is 27.3 Å². The van der Waals surface area contributed by atoms with Gasteiger partial charge < -0.3 is 20.1 Å². The van der Waals surface area contributed by atoms with Crippen LogP contribution < -0.4 is 20.1 Å². The molecule has 30 heavy (non-hydrogen) atoms. The molecular weight excluding hydrogens is 376 g/mol. The van der Waals surface area contributed by atoms with E-state index in [-0.39, 0.29) is 11.9 Å². The van der Waals surface area contributed by atoms with E-state index in [0.29, 0.717) is 24.6 Å². The van der Waals surface area contributed by atoms with Gasteiger partial charge in [0.15, 0.2) is 18.0 Å². The summed E-state index contributed by atoms with van der Waals surface area (Å²) in [7, 11) is 3.24. The van der Waals surface area contributed by atoms with Crippen molar-refractivity contribution in [2.24, 2.45) is 0 Å². The van der Waals surface area contributed by atoms with Gasteiger partial charge in [0.2, 0.25) is 0 Å². The molecular formula is C25H29N2O3+. The molecule has 0 atom stereocenters. The molecule has 5 nitrogen and oxygen atoms in total. The molecule has 0 heterocycles. The van der Waals surface area contributed by atoms with Crippen LogP contribution >= 0.6 is 0 Å². The van der Waals surface area contributed by atoms with Gasteiger partial charge in [0.1, 0.15) is 6.04 Å². The summed E-state index contributed by atoms with van der Waals surface area (Å²) in [6.07, 6.45) is 0.729. The van der Waals surface area contributed by atoms with Crippen molar-refractivity contribution in [3.05, 3.63) is 95.6 Å². The number of quaternary nitrogens is 1. The quantitative estimate of drug-likeness (QED) is 0.545. The summed E-state index contributed by atoms with van der Waals surface area (Å²) in [5, 5.41) is 5.09. The van der Waals surface area contributed by atoms with Gasteiger partial charge in [0.05, 0.1) is 14.2 Å². The van der Waals surface area contributed by atoms with E-state index in [9.17, 15) is 4.79 Å². The van der Waals surface area contributed by atoms with Crippen LogP contribution in [-0.4, -0.2) is 33.2 Å². The first-order valence-corrected chi connectivity index (χ1v) is 10.1. The summed E-state index contributed by atoms with van der Waals surface area (Å²) in [5.41, 5.74) is 3.45. The predicted octanol–water partition coefficient (Wildman–Crippen LogP) is 2.72. The molecule has 0 saturated carbocycles. The van der Waals surface area contributed by atoms with E-state index in [4.69, 9.17) is 9.47 Å². The van der Waals surface area contributed by atoms with Gasteiger partial charge in [-0.1, -0.05) is 66.7 Å². The van der Waals surface area contributed by atoms with Crippen molar-refractivity contribution in [3.8, 4) is 11.5 Å². The van der Waals surface area contributed by atoms with Crippen LogP contribution in [0.15, 0.2) is 78.9 Å². The average molecular weight is 406 g/mol. The van der Waals surface area contributed by atoms with Crippen LogP contribution in [0.4, 0.5) is 0 Å². The van der Waals surface area contributed by atoms with Crippen molar-refractivity contribution < 1.29 is 19.6 Å². The number of rotatable bonds is 10. The van der Waals surface area contributed by atoms with Gasteiger partial charge in [-0.2, -0.15) is 0 Å². The Kier molecular flexibility index (Phi) is 7.86. The Morgan fingerprint density at radius 3 is 2.03 bits per heavy atom. The molecule has 0 aliphatic heterocycles. The maximum absolute atomic E-state index is 12.4. The second kappa shape index (κ2) is 11.0. The van der Waals surface area contributed by atoms with Gasteiger partial charge in [-0.25, -0.2) is 0 Å². The Morgan fingerprint density at radius 2 is 1.47 bits per heavy atom. The molecule has 0 saturated heterocycles. The second-order valence-corrected chi connectivity index (χ2v) is 7.03. The normalized spacial score (nSPS) is 10.6. The SMILES string of the molecule is COc1ccc(CCNC(=O)C[NH2+]C(c2ccccc2)c2ccccc2)cc1OC. The fourth-order valence-electron chi connectivity index (χ4n) is 3.46. The minimum atomic E-state index is 0.0207. The van der Waals surface area contributed by atoms with Crippen LogP contribution in [-0.2, 0) is 11.2 Å². The highest BCUT2D eigenvalue weighted by molar-refractivity contribution is 5.76. The maximum Gasteiger partial charge on any atom is 0.275 e. The van der Waals surface area contributed by atoms with Crippen molar-refractivity contribution >= 4 is 5.91 Å². The summed E-state index contributed by atoms with van der Waals surface area (Å²) < 4.78 is 10.6. The van der Waals surface area contributed by atoms with Gasteiger partial charge in [-0.05, 0) is 24.1 Å². The van der Waals surface area contributed by atoms with E-state index >= 15 is 0 Å². The van der Waals surface area contributed by atoms with Crippen LogP contribution in [0.2, 0.25) is 0 Å². The fraction of sp³-hybridized carbons (Fsp3) is 0.240. The van der Waals surface area contributed by atoms with Gasteiger partial charge in [0.25, 0.3) is 5.91 Å². The van der Waals surface area contributed by atoms with E-state index in [1.165, 1.54) is 11.1 Å². The Bertz CT molecular complexity index is 890. The smallest absolute Gasteiger partial charge is 0.275 e. The number of carbonyl (C=O) groups excluding carboxylic acids is 1. The Morgan fingerprint density at radius 1 is 0.867 bits per heavy atom. The standard InChI is InChI=1S/C25H28N2O3/c1-29-22-14-13-19(17-23(22)30-2)15-16-26-24(28)18-27-25(20-9-5-3-6-10-20)21-11-7-4-8-12-21/h3-14,17,25,27H,15-16,18H2,1-2H3,(H,26,28)/p+1. The largest absolute Gasteiger partial charge is 0.493 e. The van der Waals surface area contributed by atoms with E-state index in [1.54, 1.807) is 14.2 Å². The summed E-state index contributed by atoms with van der Waals surface area (Å²) >= 11 is 0. The number of benzene rings is 3. The van der Waals surface area contributed by atoms with Crippen molar-refractivity contribution in [1.29, 1.82) is 0 Å². The van der Waals surface area contributed by atoms with Gasteiger partial charge >= 0.3 is 0 Å². The highest BCUT2D eigenvalue weighted by atomic mass is 16.5. The molecule has 0 spiro atoms. The van der Waals surface area contributed by atoms with Crippen molar-refractivity contribution in [1.82, 2.24) is 5.32 Å². The summed E-state index contributed by atoms with van der Waals surface area (Å²) in [6, 6.07) is 26.4. The fourth-order valence-corrected chi connectivity index (χ4v) is 3.46. The molecule has 0 bridgehead atoms. The first kappa shape index (κ1) is 21.4. The molecule has 3 aromatic rings. The molecule has 5 heteroatoms. The maximum atomic E-state index is 12.4. The molecule has 3 N–H and O–H groups in total. The number of nitrogens with one attached hydrogen (secondary N) is 1. The molecule has 0 fully saturated rings. The van der Waals surface area contributed by atoms with Gasteiger partial charge in [-0.3, -0.25) is 4.79 Å². The third-order valence-electron chi connectivity index (χ3n) is 5.04. The van der Waals surface area contributed by atoms with Crippen LogP contribution in [0, 0.1) is 0 Å². The van der Waals surface area contributed by atoms with Crippen molar-refractivity contribution in [3.63, 3.8) is 0 Å². The molecule has 3 rings (SSSR count). The lowest BCUT2D eigenvalue weighted by atomic mass is 9.99. The van der Waals surface area contributed by atoms with E-state index in [1.807, 2.05) is 54.6 Å². The number of carbonyl (C=O) groups is 1. The number of hydrogen-bond donors (Lipinski definition) is 2. The molecule has 0 aliphatic carbocycles. The third-order valence-corrected chi connectivity index (χ3v) is 5.04. The summed E-state index contributed by atoms with van der Waals surface area (Å²) in [6.45, 7) is 0.934. The topological polar surface area (TPSA) is 64.2 Å². The highest BCUT2D eigenvalue weighted by Gasteiger charge is 2.18. The zero-order valence-corrected chi connectivity index (χ0v) is 17.5. The van der Waals surface area contributed by atoms with Crippen molar-refractivity contribution in [2.45, 2.75) is 12.5 Å². The van der Waals surface area contributed by atoms with Crippen LogP contribution in [0.1, 0.15) is 22.7 Å². The van der Waals surface area contributed by atoms with E-state index in [0.717, 1.165) is 12.0 Å². The summed E-state index contributed by atoms with van der Waals surface area (Å²) in [5.74, 6) is 1.42. The first-order chi connectivity index (χ1) is 14.7. The molecule has 0 radical (unpaired) electrons. The van der Waals surface area contributed by atoms with Crippen LogP contribution in [0.5, 0.6) is 11.5 Å². The lowest BCUT2D eigenvalue weighted by molar-refractivity contribution is -0.676.